The minimum atomic E-state index is -0.528. The van der Waals surface area contributed by atoms with Gasteiger partial charge in [-0.25, -0.2) is 4.79 Å². The van der Waals surface area contributed by atoms with Crippen LogP contribution in [-0.2, 0) is 4.79 Å². The van der Waals surface area contributed by atoms with Crippen molar-refractivity contribution in [3.8, 4) is 0 Å². The van der Waals surface area contributed by atoms with Gasteiger partial charge in [0.05, 0.1) is 6.04 Å². The fourth-order valence-electron chi connectivity index (χ4n) is 2.91. The molecule has 0 spiro atoms. The Bertz CT molecular complexity index is 535. The number of rotatable bonds is 4. The lowest BCUT2D eigenvalue weighted by atomic mass is 10.0. The summed E-state index contributed by atoms with van der Waals surface area (Å²) in [6, 6.07) is 2.96. The van der Waals surface area contributed by atoms with Gasteiger partial charge in [-0.05, 0) is 57.7 Å². The fraction of sp³-hybridized carbons (Fsp3) is 0.588. The van der Waals surface area contributed by atoms with Crippen molar-refractivity contribution in [1.82, 2.24) is 20.5 Å². The standard InChI is InChI=1S/C17H26N4O2/c1-12-6-4-5-11-21(12)16(22)14(3)20-17(23)19-13(2)15-7-9-18-10-8-15/h7-10,12-14H,4-6,11H2,1-3H3,(H2,19,20,23)/t12-,13+,14-/m0/s1. The Balaban J connectivity index is 1.85. The lowest BCUT2D eigenvalue weighted by molar-refractivity contribution is -0.136. The maximum absolute atomic E-state index is 12.5. The molecule has 3 amide bonds. The van der Waals surface area contributed by atoms with Gasteiger partial charge >= 0.3 is 6.03 Å². The van der Waals surface area contributed by atoms with Crippen molar-refractivity contribution >= 4 is 11.9 Å². The van der Waals surface area contributed by atoms with E-state index >= 15 is 0 Å². The second kappa shape index (κ2) is 7.94. The molecule has 126 valence electrons. The van der Waals surface area contributed by atoms with Gasteiger partial charge in [-0.2, -0.15) is 0 Å². The van der Waals surface area contributed by atoms with Gasteiger partial charge in [0.15, 0.2) is 0 Å². The first-order valence-corrected chi connectivity index (χ1v) is 8.26. The molecule has 0 radical (unpaired) electrons. The molecule has 1 saturated heterocycles. The van der Waals surface area contributed by atoms with E-state index in [9.17, 15) is 9.59 Å². The Morgan fingerprint density at radius 2 is 1.91 bits per heavy atom. The van der Waals surface area contributed by atoms with E-state index < -0.39 is 6.04 Å². The van der Waals surface area contributed by atoms with E-state index in [1.807, 2.05) is 24.0 Å². The number of likely N-dealkylation sites (tertiary alicyclic amines) is 1. The first-order valence-electron chi connectivity index (χ1n) is 8.26. The summed E-state index contributed by atoms with van der Waals surface area (Å²) in [6.45, 7) is 6.48. The number of hydrogen-bond acceptors (Lipinski definition) is 3. The van der Waals surface area contributed by atoms with E-state index in [0.29, 0.717) is 0 Å². The summed E-state index contributed by atoms with van der Waals surface area (Å²) in [5.74, 6) is -0.0103. The van der Waals surface area contributed by atoms with Crippen molar-refractivity contribution in [3.63, 3.8) is 0 Å². The van der Waals surface area contributed by atoms with Crippen molar-refractivity contribution in [2.45, 2.75) is 58.2 Å². The number of nitrogens with one attached hydrogen (secondary N) is 2. The Kier molecular flexibility index (Phi) is 5.96. The van der Waals surface area contributed by atoms with E-state index in [1.54, 1.807) is 19.3 Å². The molecule has 1 aromatic rings. The highest BCUT2D eigenvalue weighted by Crippen LogP contribution is 2.17. The van der Waals surface area contributed by atoms with Crippen molar-refractivity contribution in [3.05, 3.63) is 30.1 Å². The molecule has 1 fully saturated rings. The average molecular weight is 318 g/mol. The molecule has 6 nitrogen and oxygen atoms in total. The zero-order valence-electron chi connectivity index (χ0n) is 14.1. The van der Waals surface area contributed by atoms with Gasteiger partial charge in [0.25, 0.3) is 0 Å². The Labute approximate surface area is 137 Å². The lowest BCUT2D eigenvalue weighted by Crippen LogP contribution is -2.53. The molecular formula is C17H26N4O2. The van der Waals surface area contributed by atoms with Crippen LogP contribution >= 0.6 is 0 Å². The van der Waals surface area contributed by atoms with Crippen LogP contribution in [-0.4, -0.2) is 40.5 Å². The molecule has 3 atom stereocenters. The number of carbonyl (C=O) groups is 2. The van der Waals surface area contributed by atoms with Crippen LogP contribution in [0.2, 0.25) is 0 Å². The summed E-state index contributed by atoms with van der Waals surface area (Å²) in [6.07, 6.45) is 6.61. The molecule has 6 heteroatoms. The second-order valence-electron chi connectivity index (χ2n) is 6.22. The third-order valence-corrected chi connectivity index (χ3v) is 4.36. The number of piperidine rings is 1. The first-order chi connectivity index (χ1) is 11.0. The quantitative estimate of drug-likeness (QED) is 0.894. The molecule has 0 aromatic carbocycles. The molecular weight excluding hydrogens is 292 g/mol. The SMILES string of the molecule is C[C@H](NC(=O)N[C@H](C)c1ccncc1)C(=O)N1CCCC[C@@H]1C. The Hall–Kier alpha value is -2.11. The molecule has 2 rings (SSSR count). The predicted octanol–water partition coefficient (Wildman–Crippen LogP) is 2.23. The number of carbonyl (C=O) groups excluding carboxylic acids is 2. The zero-order chi connectivity index (χ0) is 16.8. The predicted molar refractivity (Wildman–Crippen MR) is 88.8 cm³/mol. The molecule has 0 unspecified atom stereocenters. The maximum atomic E-state index is 12.5. The van der Waals surface area contributed by atoms with E-state index in [1.165, 1.54) is 0 Å². The van der Waals surface area contributed by atoms with Gasteiger partial charge in [-0.1, -0.05) is 0 Å². The normalized spacial score (nSPS) is 20.5. The maximum Gasteiger partial charge on any atom is 0.315 e. The molecule has 0 bridgehead atoms. The molecule has 0 aliphatic carbocycles. The molecule has 2 heterocycles. The summed E-state index contributed by atoms with van der Waals surface area (Å²) in [5, 5.41) is 5.59. The number of nitrogens with zero attached hydrogens (tertiary/aromatic N) is 2. The van der Waals surface area contributed by atoms with Crippen molar-refractivity contribution < 1.29 is 9.59 Å². The minimum absolute atomic E-state index is 0.0103. The summed E-state index contributed by atoms with van der Waals surface area (Å²) in [7, 11) is 0. The average Bonchev–Trinajstić information content (AvgIpc) is 2.55. The summed E-state index contributed by atoms with van der Waals surface area (Å²) in [5.41, 5.74) is 0.971. The van der Waals surface area contributed by atoms with Gasteiger partial charge in [-0.15, -0.1) is 0 Å². The van der Waals surface area contributed by atoms with Gasteiger partial charge in [-0.3, -0.25) is 9.78 Å². The number of hydrogen-bond donors (Lipinski definition) is 2. The molecule has 23 heavy (non-hydrogen) atoms. The van der Waals surface area contributed by atoms with Crippen LogP contribution in [0.3, 0.4) is 0 Å². The third kappa shape index (κ3) is 4.68. The Morgan fingerprint density at radius 1 is 1.22 bits per heavy atom. The first kappa shape index (κ1) is 17.2. The summed E-state index contributed by atoms with van der Waals surface area (Å²) in [4.78, 5) is 30.4. The summed E-state index contributed by atoms with van der Waals surface area (Å²) >= 11 is 0. The Morgan fingerprint density at radius 3 is 2.57 bits per heavy atom. The largest absolute Gasteiger partial charge is 0.338 e. The molecule has 2 N–H and O–H groups in total. The van der Waals surface area contributed by atoms with Crippen molar-refractivity contribution in [2.24, 2.45) is 0 Å². The van der Waals surface area contributed by atoms with Gasteiger partial charge in [0, 0.05) is 25.0 Å². The van der Waals surface area contributed by atoms with Crippen LogP contribution in [0.15, 0.2) is 24.5 Å². The number of aromatic nitrogens is 1. The summed E-state index contributed by atoms with van der Waals surface area (Å²) < 4.78 is 0. The molecule has 1 aliphatic heterocycles. The van der Waals surface area contributed by atoms with Crippen LogP contribution in [0.5, 0.6) is 0 Å². The van der Waals surface area contributed by atoms with Gasteiger partial charge in [0.1, 0.15) is 6.04 Å². The smallest absolute Gasteiger partial charge is 0.315 e. The minimum Gasteiger partial charge on any atom is -0.338 e. The lowest BCUT2D eigenvalue weighted by Gasteiger charge is -2.35. The van der Waals surface area contributed by atoms with Crippen LogP contribution < -0.4 is 10.6 Å². The van der Waals surface area contributed by atoms with Crippen molar-refractivity contribution in [1.29, 1.82) is 0 Å². The van der Waals surface area contributed by atoms with Crippen LogP contribution in [0.4, 0.5) is 4.79 Å². The highest BCUT2D eigenvalue weighted by molar-refractivity contribution is 5.87. The van der Waals surface area contributed by atoms with Gasteiger partial charge in [0.2, 0.25) is 5.91 Å². The number of amides is 3. The monoisotopic (exact) mass is 318 g/mol. The van der Waals surface area contributed by atoms with E-state index in [2.05, 4.69) is 22.5 Å². The second-order valence-corrected chi connectivity index (χ2v) is 6.22. The molecule has 0 saturated carbocycles. The van der Waals surface area contributed by atoms with E-state index in [0.717, 1.165) is 31.4 Å². The van der Waals surface area contributed by atoms with Crippen LogP contribution in [0, 0.1) is 0 Å². The highest BCUT2D eigenvalue weighted by atomic mass is 16.2. The van der Waals surface area contributed by atoms with Crippen molar-refractivity contribution in [2.75, 3.05) is 6.54 Å². The topological polar surface area (TPSA) is 74.3 Å². The fourth-order valence-corrected chi connectivity index (χ4v) is 2.91. The van der Waals surface area contributed by atoms with Crippen LogP contribution in [0.25, 0.3) is 0 Å². The third-order valence-electron chi connectivity index (χ3n) is 4.36. The highest BCUT2D eigenvalue weighted by Gasteiger charge is 2.27. The zero-order valence-corrected chi connectivity index (χ0v) is 14.1. The van der Waals surface area contributed by atoms with Crippen LogP contribution in [0.1, 0.15) is 51.6 Å². The van der Waals surface area contributed by atoms with E-state index in [4.69, 9.17) is 0 Å². The molecule has 1 aromatic heterocycles. The number of pyridine rings is 1. The molecule has 1 aliphatic rings. The number of urea groups is 1. The van der Waals surface area contributed by atoms with E-state index in [-0.39, 0.29) is 24.0 Å². The van der Waals surface area contributed by atoms with Gasteiger partial charge < -0.3 is 15.5 Å².